The summed E-state index contributed by atoms with van der Waals surface area (Å²) in [5.41, 5.74) is 4.10. The van der Waals surface area contributed by atoms with Crippen LogP contribution in [0.15, 0.2) is 58.5 Å². The Bertz CT molecular complexity index is 834. The summed E-state index contributed by atoms with van der Waals surface area (Å²) in [5.74, 6) is 1.85. The van der Waals surface area contributed by atoms with Gasteiger partial charge in [-0.15, -0.1) is 0 Å². The van der Waals surface area contributed by atoms with Gasteiger partial charge in [-0.2, -0.15) is 0 Å². The van der Waals surface area contributed by atoms with Crippen molar-refractivity contribution < 1.29 is 8.85 Å². The maximum atomic E-state index is 6.23. The van der Waals surface area contributed by atoms with E-state index >= 15 is 0 Å². The predicted octanol–water partition coefficient (Wildman–Crippen LogP) is 6.43. The first-order chi connectivity index (χ1) is 14.0. The minimum absolute atomic E-state index is 0.640. The molecule has 30 heavy (non-hydrogen) atoms. The molecule has 6 heteroatoms. The standard InChI is InChI=1S/C24H36N2O2Si2/c1-19(21-13-9-11-15-23(21)27-29(3,4)5)25-17-18-26-20(2)22-14-10-12-16-24(22)28-30(6,7)8/h9-16H,17-18H2,1-8H3. The summed E-state index contributed by atoms with van der Waals surface area (Å²) in [6, 6.07) is 16.3. The van der Waals surface area contributed by atoms with Crippen molar-refractivity contribution in [1.82, 2.24) is 0 Å². The van der Waals surface area contributed by atoms with E-state index in [9.17, 15) is 0 Å². The van der Waals surface area contributed by atoms with Gasteiger partial charge in [0.2, 0.25) is 16.6 Å². The molecule has 0 heterocycles. The Morgan fingerprint density at radius 1 is 0.633 bits per heavy atom. The number of benzene rings is 2. The van der Waals surface area contributed by atoms with Crippen molar-refractivity contribution in [1.29, 1.82) is 0 Å². The van der Waals surface area contributed by atoms with Gasteiger partial charge in [-0.1, -0.05) is 24.3 Å². The van der Waals surface area contributed by atoms with Crippen molar-refractivity contribution in [3.05, 3.63) is 59.7 Å². The van der Waals surface area contributed by atoms with Gasteiger partial charge in [0.1, 0.15) is 11.5 Å². The molecule has 0 aliphatic rings. The highest BCUT2D eigenvalue weighted by atomic mass is 28.4. The van der Waals surface area contributed by atoms with Crippen LogP contribution >= 0.6 is 0 Å². The highest BCUT2D eigenvalue weighted by molar-refractivity contribution is 6.70. The molecule has 0 amide bonds. The van der Waals surface area contributed by atoms with Crippen molar-refractivity contribution in [2.75, 3.05) is 13.1 Å². The zero-order valence-corrected chi connectivity index (χ0v) is 21.7. The number of nitrogens with zero attached hydrogens (tertiary/aromatic N) is 2. The van der Waals surface area contributed by atoms with Crippen molar-refractivity contribution in [2.45, 2.75) is 53.1 Å². The highest BCUT2D eigenvalue weighted by Gasteiger charge is 2.19. The molecule has 2 aromatic carbocycles. The summed E-state index contributed by atoms with van der Waals surface area (Å²) in [6.07, 6.45) is 0. The van der Waals surface area contributed by atoms with Crippen LogP contribution in [-0.4, -0.2) is 41.1 Å². The Kier molecular flexibility index (Phi) is 8.20. The molecule has 2 rings (SSSR count). The maximum Gasteiger partial charge on any atom is 0.242 e. The SMILES string of the molecule is CC(=NCCN=C(C)c1ccccc1O[Si](C)(C)C)c1ccccc1O[Si](C)(C)C. The monoisotopic (exact) mass is 440 g/mol. The largest absolute Gasteiger partial charge is 0.544 e. The van der Waals surface area contributed by atoms with E-state index in [2.05, 4.69) is 51.4 Å². The Labute approximate surface area is 184 Å². The van der Waals surface area contributed by atoms with E-state index < -0.39 is 16.6 Å². The topological polar surface area (TPSA) is 43.2 Å². The molecule has 162 valence electrons. The van der Waals surface area contributed by atoms with Gasteiger partial charge in [-0.25, -0.2) is 0 Å². The van der Waals surface area contributed by atoms with Crippen LogP contribution in [0.4, 0.5) is 0 Å². The molecule has 0 aliphatic heterocycles. The molecule has 0 aromatic heterocycles. The van der Waals surface area contributed by atoms with E-state index in [1.54, 1.807) is 0 Å². The van der Waals surface area contributed by atoms with Gasteiger partial charge in [-0.3, -0.25) is 9.98 Å². The molecule has 0 saturated heterocycles. The molecule has 0 radical (unpaired) electrons. The number of hydrogen-bond donors (Lipinski definition) is 0. The van der Waals surface area contributed by atoms with Crippen molar-refractivity contribution in [3.63, 3.8) is 0 Å². The average Bonchev–Trinajstić information content (AvgIpc) is 2.63. The van der Waals surface area contributed by atoms with Crippen LogP contribution in [0.2, 0.25) is 39.3 Å². The van der Waals surface area contributed by atoms with Crippen molar-refractivity contribution >= 4 is 28.1 Å². The minimum Gasteiger partial charge on any atom is -0.544 e. The second kappa shape index (κ2) is 10.2. The molecular formula is C24H36N2O2Si2. The van der Waals surface area contributed by atoms with Crippen LogP contribution in [0.25, 0.3) is 0 Å². The van der Waals surface area contributed by atoms with Crippen LogP contribution in [0.1, 0.15) is 25.0 Å². The first-order valence-electron chi connectivity index (χ1n) is 10.6. The van der Waals surface area contributed by atoms with E-state index in [0.717, 1.165) is 34.0 Å². The Morgan fingerprint density at radius 2 is 0.967 bits per heavy atom. The summed E-state index contributed by atoms with van der Waals surface area (Å²) in [6.45, 7) is 18.5. The zero-order valence-electron chi connectivity index (χ0n) is 19.7. The van der Waals surface area contributed by atoms with Crippen LogP contribution in [-0.2, 0) is 0 Å². The fourth-order valence-corrected chi connectivity index (χ4v) is 4.65. The lowest BCUT2D eigenvalue weighted by molar-refractivity contribution is 0.555. The number of aliphatic imine (C=N–C) groups is 2. The van der Waals surface area contributed by atoms with Gasteiger partial charge in [0.15, 0.2) is 0 Å². The third-order valence-electron chi connectivity index (χ3n) is 4.18. The predicted molar refractivity (Wildman–Crippen MR) is 135 cm³/mol. The van der Waals surface area contributed by atoms with Crippen molar-refractivity contribution in [3.8, 4) is 11.5 Å². The third-order valence-corrected chi connectivity index (χ3v) is 5.85. The Balaban J connectivity index is 2.09. The summed E-state index contributed by atoms with van der Waals surface area (Å²) in [5, 5.41) is 0. The van der Waals surface area contributed by atoms with E-state index in [4.69, 9.17) is 18.8 Å². The lowest BCUT2D eigenvalue weighted by Gasteiger charge is -2.21. The maximum absolute atomic E-state index is 6.23. The molecular weight excluding hydrogens is 404 g/mol. The lowest BCUT2D eigenvalue weighted by Crippen LogP contribution is -2.30. The smallest absolute Gasteiger partial charge is 0.242 e. The normalized spacial score (nSPS) is 13.3. The molecule has 0 aliphatic carbocycles. The van der Waals surface area contributed by atoms with Gasteiger partial charge in [0, 0.05) is 22.6 Å². The molecule has 0 spiro atoms. The molecule has 0 fully saturated rings. The minimum atomic E-state index is -1.67. The zero-order chi connectivity index (χ0) is 22.4. The first kappa shape index (κ1) is 24.1. The van der Waals surface area contributed by atoms with Crippen LogP contribution in [0.5, 0.6) is 11.5 Å². The van der Waals surface area contributed by atoms with E-state index in [-0.39, 0.29) is 0 Å². The molecule has 2 aromatic rings. The second-order valence-corrected chi connectivity index (χ2v) is 18.2. The van der Waals surface area contributed by atoms with Crippen LogP contribution in [0, 0.1) is 0 Å². The van der Waals surface area contributed by atoms with Crippen LogP contribution in [0.3, 0.4) is 0 Å². The second-order valence-electron chi connectivity index (χ2n) is 9.36. The molecule has 0 N–H and O–H groups in total. The van der Waals surface area contributed by atoms with E-state index in [1.807, 2.05) is 50.2 Å². The Morgan fingerprint density at radius 3 is 1.30 bits per heavy atom. The molecule has 0 unspecified atom stereocenters. The summed E-state index contributed by atoms with van der Waals surface area (Å²) in [4.78, 5) is 9.51. The summed E-state index contributed by atoms with van der Waals surface area (Å²) >= 11 is 0. The average molecular weight is 441 g/mol. The lowest BCUT2D eigenvalue weighted by atomic mass is 10.1. The molecule has 4 nitrogen and oxygen atoms in total. The van der Waals surface area contributed by atoms with Gasteiger partial charge >= 0.3 is 0 Å². The number of rotatable bonds is 9. The van der Waals surface area contributed by atoms with Crippen LogP contribution < -0.4 is 8.85 Å². The highest BCUT2D eigenvalue weighted by Crippen LogP contribution is 2.23. The van der Waals surface area contributed by atoms with Gasteiger partial charge in [-0.05, 0) is 77.4 Å². The summed E-state index contributed by atoms with van der Waals surface area (Å²) < 4.78 is 12.5. The first-order valence-corrected chi connectivity index (χ1v) is 17.4. The fourth-order valence-electron chi connectivity index (χ4n) is 2.97. The molecule has 0 saturated carbocycles. The number of hydrogen-bond acceptors (Lipinski definition) is 4. The van der Waals surface area contributed by atoms with Gasteiger partial charge in [0.25, 0.3) is 0 Å². The summed E-state index contributed by atoms with van der Waals surface area (Å²) in [7, 11) is -3.35. The van der Waals surface area contributed by atoms with E-state index in [0.29, 0.717) is 13.1 Å². The third kappa shape index (κ3) is 7.91. The van der Waals surface area contributed by atoms with Crippen molar-refractivity contribution in [2.24, 2.45) is 9.98 Å². The van der Waals surface area contributed by atoms with E-state index in [1.165, 1.54) is 0 Å². The fraction of sp³-hybridized carbons (Fsp3) is 0.417. The number of para-hydroxylation sites is 2. The quantitative estimate of drug-likeness (QED) is 0.256. The Hall–Kier alpha value is -2.19. The van der Waals surface area contributed by atoms with Gasteiger partial charge in [0.05, 0.1) is 13.1 Å². The van der Waals surface area contributed by atoms with Gasteiger partial charge < -0.3 is 8.85 Å². The molecule has 0 bridgehead atoms. The molecule has 0 atom stereocenters.